The van der Waals surface area contributed by atoms with Crippen LogP contribution in [0.5, 0.6) is 0 Å². The zero-order valence-corrected chi connectivity index (χ0v) is 15.3. The maximum absolute atomic E-state index is 12.1. The smallest absolute Gasteiger partial charge is 0.340 e. The van der Waals surface area contributed by atoms with Crippen molar-refractivity contribution in [2.45, 2.75) is 33.6 Å². The maximum atomic E-state index is 12.1. The van der Waals surface area contributed by atoms with Gasteiger partial charge in [-0.05, 0) is 44.0 Å². The van der Waals surface area contributed by atoms with E-state index in [4.69, 9.17) is 4.74 Å². The summed E-state index contributed by atoms with van der Waals surface area (Å²) in [6, 6.07) is 10.4. The minimum absolute atomic E-state index is 0.0361. The van der Waals surface area contributed by atoms with Crippen molar-refractivity contribution in [1.82, 2.24) is 10.2 Å². The van der Waals surface area contributed by atoms with E-state index in [1.807, 2.05) is 19.9 Å². The van der Waals surface area contributed by atoms with Crippen LogP contribution >= 0.6 is 0 Å². The first-order valence-electron chi connectivity index (χ1n) is 8.76. The molecule has 0 aliphatic heterocycles. The molecule has 26 heavy (non-hydrogen) atoms. The fourth-order valence-corrected chi connectivity index (χ4v) is 2.47. The molecule has 1 aromatic heterocycles. The lowest BCUT2D eigenvalue weighted by molar-refractivity contribution is -0.120. The third-order valence-electron chi connectivity index (χ3n) is 3.96. The normalized spacial score (nSPS) is 10.5. The lowest BCUT2D eigenvalue weighted by Gasteiger charge is -2.13. The van der Waals surface area contributed by atoms with Crippen LogP contribution in [0.3, 0.4) is 0 Å². The molecule has 0 saturated heterocycles. The molecule has 2 rings (SSSR count). The summed E-state index contributed by atoms with van der Waals surface area (Å²) in [5.74, 6) is 0.356. The summed E-state index contributed by atoms with van der Waals surface area (Å²) < 4.78 is 5.05. The highest BCUT2D eigenvalue weighted by molar-refractivity contribution is 5.96. The van der Waals surface area contributed by atoms with Gasteiger partial charge in [-0.3, -0.25) is 4.79 Å². The molecule has 0 unspecified atom stereocenters. The molecule has 2 N–H and O–H groups in total. The van der Waals surface area contributed by atoms with Crippen molar-refractivity contribution in [3.8, 4) is 0 Å². The van der Waals surface area contributed by atoms with Crippen LogP contribution < -0.4 is 10.6 Å². The number of anilines is 3. The van der Waals surface area contributed by atoms with E-state index < -0.39 is 5.97 Å². The predicted octanol–water partition coefficient (Wildman–Crippen LogP) is 3.77. The van der Waals surface area contributed by atoms with E-state index in [0.717, 1.165) is 12.8 Å². The van der Waals surface area contributed by atoms with Crippen molar-refractivity contribution in [3.63, 3.8) is 0 Å². The molecule has 0 aliphatic rings. The van der Waals surface area contributed by atoms with Gasteiger partial charge in [-0.1, -0.05) is 26.0 Å². The number of rotatable bonds is 8. The summed E-state index contributed by atoms with van der Waals surface area (Å²) in [6.07, 6.45) is 1.56. The lowest BCUT2D eigenvalue weighted by Crippen LogP contribution is -2.22. The first kappa shape index (κ1) is 19.4. The summed E-state index contributed by atoms with van der Waals surface area (Å²) >= 11 is 0. The highest BCUT2D eigenvalue weighted by Gasteiger charge is 2.15. The van der Waals surface area contributed by atoms with Gasteiger partial charge in [0.2, 0.25) is 5.91 Å². The Hall–Kier alpha value is -2.96. The molecule has 1 amide bonds. The third kappa shape index (κ3) is 5.02. The Kier molecular flexibility index (Phi) is 7.08. The number of ether oxygens (including phenoxy) is 1. The number of aromatic nitrogens is 2. The van der Waals surface area contributed by atoms with Gasteiger partial charge in [0.1, 0.15) is 0 Å². The van der Waals surface area contributed by atoms with Gasteiger partial charge in [-0.15, -0.1) is 10.2 Å². The molecule has 0 radical (unpaired) electrons. The van der Waals surface area contributed by atoms with Gasteiger partial charge < -0.3 is 15.4 Å². The van der Waals surface area contributed by atoms with Crippen molar-refractivity contribution >= 4 is 29.2 Å². The second-order valence-corrected chi connectivity index (χ2v) is 5.70. The van der Waals surface area contributed by atoms with Crippen molar-refractivity contribution in [3.05, 3.63) is 42.0 Å². The molecule has 0 saturated carbocycles. The van der Waals surface area contributed by atoms with Gasteiger partial charge in [-0.25, -0.2) is 4.79 Å². The number of nitrogens with zero attached hydrogens (tertiary/aromatic N) is 2. The first-order valence-corrected chi connectivity index (χ1v) is 8.76. The van der Waals surface area contributed by atoms with Crippen LogP contribution in [0.2, 0.25) is 0 Å². The number of hydrogen-bond acceptors (Lipinski definition) is 6. The number of esters is 1. The van der Waals surface area contributed by atoms with Crippen LogP contribution in [0, 0.1) is 5.92 Å². The maximum Gasteiger partial charge on any atom is 0.340 e. The van der Waals surface area contributed by atoms with Crippen LogP contribution in [0.25, 0.3) is 0 Å². The molecular formula is C19H24N4O3. The number of carbonyl (C=O) groups excluding carboxylic acids is 2. The van der Waals surface area contributed by atoms with E-state index in [2.05, 4.69) is 20.8 Å². The second-order valence-electron chi connectivity index (χ2n) is 5.70. The number of carbonyl (C=O) groups is 2. The quantitative estimate of drug-likeness (QED) is 0.699. The van der Waals surface area contributed by atoms with E-state index in [1.165, 1.54) is 0 Å². The van der Waals surface area contributed by atoms with Crippen molar-refractivity contribution in [2.75, 3.05) is 17.2 Å². The minimum Gasteiger partial charge on any atom is -0.462 e. The first-order chi connectivity index (χ1) is 12.6. The van der Waals surface area contributed by atoms with Gasteiger partial charge in [0.05, 0.1) is 17.9 Å². The fourth-order valence-electron chi connectivity index (χ4n) is 2.47. The van der Waals surface area contributed by atoms with E-state index >= 15 is 0 Å². The van der Waals surface area contributed by atoms with Crippen LogP contribution in [-0.2, 0) is 9.53 Å². The third-order valence-corrected chi connectivity index (χ3v) is 3.96. The Morgan fingerprint density at radius 1 is 1.00 bits per heavy atom. The van der Waals surface area contributed by atoms with E-state index in [1.54, 1.807) is 37.3 Å². The Balaban J connectivity index is 2.08. The molecule has 0 spiro atoms. The molecule has 7 nitrogen and oxygen atoms in total. The van der Waals surface area contributed by atoms with Gasteiger partial charge in [0, 0.05) is 5.92 Å². The molecule has 0 atom stereocenters. The molecule has 0 fully saturated rings. The average molecular weight is 356 g/mol. The lowest BCUT2D eigenvalue weighted by atomic mass is 10.0. The molecule has 0 bridgehead atoms. The van der Waals surface area contributed by atoms with Crippen molar-refractivity contribution in [1.29, 1.82) is 0 Å². The molecule has 7 heteroatoms. The topological polar surface area (TPSA) is 93.2 Å². The summed E-state index contributed by atoms with van der Waals surface area (Å²) in [7, 11) is 0. The Bertz CT molecular complexity index is 743. The number of hydrogen-bond donors (Lipinski definition) is 2. The summed E-state index contributed by atoms with van der Waals surface area (Å²) in [6.45, 7) is 6.02. The Labute approximate surface area is 153 Å². The van der Waals surface area contributed by atoms with Crippen LogP contribution in [0.4, 0.5) is 17.3 Å². The van der Waals surface area contributed by atoms with Crippen molar-refractivity contribution in [2.24, 2.45) is 5.92 Å². The average Bonchev–Trinajstić information content (AvgIpc) is 2.65. The predicted molar refractivity (Wildman–Crippen MR) is 100 cm³/mol. The highest BCUT2D eigenvalue weighted by atomic mass is 16.5. The number of para-hydroxylation sites is 1. The Morgan fingerprint density at radius 3 is 2.27 bits per heavy atom. The van der Waals surface area contributed by atoms with Crippen LogP contribution in [-0.4, -0.2) is 28.7 Å². The standard InChI is InChI=1S/C19H24N4O3/c1-4-13(5-2)18(24)21-17-12-11-16(22-23-17)20-15-10-8-7-9-14(15)19(25)26-6-3/h7-13H,4-6H2,1-3H3,(H,20,22)(H,21,23,24). The van der Waals surface area contributed by atoms with Crippen LogP contribution in [0.15, 0.2) is 36.4 Å². The summed E-state index contributed by atoms with van der Waals surface area (Å²) in [5, 5.41) is 13.9. The van der Waals surface area contributed by atoms with Gasteiger partial charge in [-0.2, -0.15) is 0 Å². The Morgan fingerprint density at radius 2 is 1.65 bits per heavy atom. The monoisotopic (exact) mass is 356 g/mol. The van der Waals surface area contributed by atoms with E-state index in [0.29, 0.717) is 29.5 Å². The fraction of sp³-hybridized carbons (Fsp3) is 0.368. The summed E-state index contributed by atoms with van der Waals surface area (Å²) in [4.78, 5) is 24.1. The zero-order valence-electron chi connectivity index (χ0n) is 15.3. The minimum atomic E-state index is -0.405. The van der Waals surface area contributed by atoms with Crippen molar-refractivity contribution < 1.29 is 14.3 Å². The van der Waals surface area contributed by atoms with Gasteiger partial charge >= 0.3 is 5.97 Å². The molecule has 0 aliphatic carbocycles. The van der Waals surface area contributed by atoms with Gasteiger partial charge in [0.25, 0.3) is 0 Å². The van der Waals surface area contributed by atoms with E-state index in [9.17, 15) is 9.59 Å². The van der Waals surface area contributed by atoms with E-state index in [-0.39, 0.29) is 11.8 Å². The molecular weight excluding hydrogens is 332 g/mol. The summed E-state index contributed by atoms with van der Waals surface area (Å²) in [5.41, 5.74) is 0.997. The second kappa shape index (κ2) is 9.50. The number of amides is 1. The highest BCUT2D eigenvalue weighted by Crippen LogP contribution is 2.21. The largest absolute Gasteiger partial charge is 0.462 e. The molecule has 2 aromatic rings. The molecule has 1 aromatic carbocycles. The zero-order chi connectivity index (χ0) is 18.9. The van der Waals surface area contributed by atoms with Crippen LogP contribution in [0.1, 0.15) is 44.0 Å². The molecule has 138 valence electrons. The number of nitrogens with one attached hydrogen (secondary N) is 2. The SMILES string of the molecule is CCOC(=O)c1ccccc1Nc1ccc(NC(=O)C(CC)CC)nn1. The number of benzene rings is 1. The molecule has 1 heterocycles. The van der Waals surface area contributed by atoms with Gasteiger partial charge in [0.15, 0.2) is 11.6 Å².